The van der Waals surface area contributed by atoms with Crippen LogP contribution in [0.25, 0.3) is 39.1 Å². The zero-order chi connectivity index (χ0) is 20.0. The fourth-order valence-electron chi connectivity index (χ4n) is 3.82. The summed E-state index contributed by atoms with van der Waals surface area (Å²) >= 11 is 0. The topological polar surface area (TPSA) is 89.6 Å². The van der Waals surface area contributed by atoms with E-state index in [0.717, 1.165) is 52.1 Å². The molecule has 0 unspecified atom stereocenters. The Bertz CT molecular complexity index is 1250. The molecule has 0 atom stereocenters. The number of imidazole rings is 1. The van der Waals surface area contributed by atoms with Gasteiger partial charge in [-0.1, -0.05) is 19.1 Å². The molecular weight excluding hydrogens is 369 g/mol. The molecule has 0 saturated carbocycles. The van der Waals surface area contributed by atoms with E-state index in [1.54, 1.807) is 0 Å². The lowest BCUT2D eigenvalue weighted by Crippen LogP contribution is -2.07. The average Bonchev–Trinajstić information content (AvgIpc) is 3.48. The molecule has 4 N–H and O–H groups in total. The zero-order valence-electron chi connectivity index (χ0n) is 15.9. The lowest BCUT2D eigenvalue weighted by Gasteiger charge is -2.10. The number of fused-ring (bicyclic) bond motifs is 1. The molecule has 0 spiro atoms. The molecule has 1 aliphatic rings. The van der Waals surface area contributed by atoms with E-state index in [-0.39, 0.29) is 5.75 Å². The zero-order valence-corrected chi connectivity index (χ0v) is 15.9. The Labute approximate surface area is 166 Å². The minimum Gasteiger partial charge on any atom is -0.505 e. The van der Waals surface area contributed by atoms with Crippen LogP contribution in [0.2, 0.25) is 0 Å². The van der Waals surface area contributed by atoms with Gasteiger partial charge in [0, 0.05) is 18.5 Å². The van der Waals surface area contributed by atoms with Gasteiger partial charge in [0.2, 0.25) is 0 Å². The molecule has 0 aliphatic carbocycles. The molecule has 29 heavy (non-hydrogen) atoms. The van der Waals surface area contributed by atoms with Crippen molar-refractivity contribution >= 4 is 16.5 Å². The summed E-state index contributed by atoms with van der Waals surface area (Å²) in [5, 5.41) is 21.4. The first-order chi connectivity index (χ1) is 14.1. The molecule has 6 nitrogen and oxygen atoms in total. The van der Waals surface area contributed by atoms with Crippen molar-refractivity contribution in [2.45, 2.75) is 13.3 Å². The number of nitrogens with zero attached hydrogens (tertiary/aromatic N) is 2. The molecule has 5 rings (SSSR count). The number of rotatable bonds is 4. The predicted octanol–water partition coefficient (Wildman–Crippen LogP) is 4.01. The fourth-order valence-corrected chi connectivity index (χ4v) is 3.82. The van der Waals surface area contributed by atoms with Gasteiger partial charge in [-0.15, -0.1) is 0 Å². The van der Waals surface area contributed by atoms with Gasteiger partial charge in [0.05, 0.1) is 17.4 Å². The number of H-pyrrole nitrogens is 2. The number of hydrogen-bond donors (Lipinski definition) is 4. The Hall–Kier alpha value is -3.45. The van der Waals surface area contributed by atoms with E-state index in [9.17, 15) is 9.50 Å². The second-order valence-electron chi connectivity index (χ2n) is 7.15. The van der Waals surface area contributed by atoms with E-state index in [1.807, 2.05) is 31.3 Å². The summed E-state index contributed by atoms with van der Waals surface area (Å²) in [6.45, 7) is 3.68. The molecule has 2 aromatic carbocycles. The molecule has 0 radical (unpaired) electrons. The van der Waals surface area contributed by atoms with Crippen LogP contribution in [-0.4, -0.2) is 38.4 Å². The monoisotopic (exact) mass is 389 g/mol. The summed E-state index contributed by atoms with van der Waals surface area (Å²) in [6.07, 6.45) is 4.67. The summed E-state index contributed by atoms with van der Waals surface area (Å²) in [4.78, 5) is 7.85. The van der Waals surface area contributed by atoms with Gasteiger partial charge < -0.3 is 15.4 Å². The summed E-state index contributed by atoms with van der Waals surface area (Å²) in [5.74, 6) is -0.241. The van der Waals surface area contributed by atoms with Gasteiger partial charge in [-0.2, -0.15) is 5.10 Å². The average molecular weight is 389 g/mol. The highest BCUT2D eigenvalue weighted by atomic mass is 19.1. The number of aromatic amines is 2. The first-order valence-corrected chi connectivity index (χ1v) is 9.59. The van der Waals surface area contributed by atoms with Crippen LogP contribution in [0.15, 0.2) is 42.6 Å². The number of aryl methyl sites for hydroxylation is 1. The number of phenolic OH excluding ortho intramolecular Hbond substituents is 1. The standard InChI is InChI=1S/C22H20FN5O/c1-2-12-8-20(29)17(23)9-16(12)13-3-4-15-18(7-13)27-28-21(15)22-25-11-19(26-22)14-5-6-24-10-14/h3-5,7-9,11,24,29H,2,6,10H2,1H3,(H,25,26)(H,27,28). The van der Waals surface area contributed by atoms with Gasteiger partial charge in [0.25, 0.3) is 0 Å². The smallest absolute Gasteiger partial charge is 0.165 e. The maximum absolute atomic E-state index is 14.0. The highest BCUT2D eigenvalue weighted by Gasteiger charge is 2.16. The predicted molar refractivity (Wildman–Crippen MR) is 111 cm³/mol. The van der Waals surface area contributed by atoms with E-state index in [0.29, 0.717) is 12.2 Å². The molecule has 2 aromatic heterocycles. The van der Waals surface area contributed by atoms with E-state index < -0.39 is 5.82 Å². The van der Waals surface area contributed by atoms with Crippen LogP contribution in [0.5, 0.6) is 5.75 Å². The second-order valence-corrected chi connectivity index (χ2v) is 7.15. The van der Waals surface area contributed by atoms with E-state index in [4.69, 9.17) is 0 Å². The molecule has 7 heteroatoms. The normalized spacial score (nSPS) is 13.9. The maximum Gasteiger partial charge on any atom is 0.165 e. The van der Waals surface area contributed by atoms with Crippen molar-refractivity contribution in [1.82, 2.24) is 25.5 Å². The lowest BCUT2D eigenvalue weighted by atomic mass is 9.96. The minimum atomic E-state index is -0.624. The number of halogens is 1. The Balaban J connectivity index is 1.55. The Kier molecular flexibility index (Phi) is 4.17. The van der Waals surface area contributed by atoms with Gasteiger partial charge in [-0.25, -0.2) is 9.37 Å². The van der Waals surface area contributed by atoms with E-state index in [1.165, 1.54) is 17.7 Å². The van der Waals surface area contributed by atoms with Gasteiger partial charge in [0.1, 0.15) is 5.69 Å². The highest BCUT2D eigenvalue weighted by Crippen LogP contribution is 2.33. The molecule has 3 heterocycles. The van der Waals surface area contributed by atoms with E-state index >= 15 is 0 Å². The number of phenols is 1. The highest BCUT2D eigenvalue weighted by molar-refractivity contribution is 5.94. The maximum atomic E-state index is 14.0. The van der Waals surface area contributed by atoms with Crippen molar-refractivity contribution < 1.29 is 9.50 Å². The summed E-state index contributed by atoms with van der Waals surface area (Å²) in [5.41, 5.74) is 6.30. The molecule has 0 fully saturated rings. The Morgan fingerprint density at radius 3 is 2.90 bits per heavy atom. The fraction of sp³-hybridized carbons (Fsp3) is 0.182. The van der Waals surface area contributed by atoms with Gasteiger partial charge in [0.15, 0.2) is 17.4 Å². The van der Waals surface area contributed by atoms with Crippen LogP contribution in [0.1, 0.15) is 18.2 Å². The van der Waals surface area contributed by atoms with Crippen molar-refractivity contribution in [3.8, 4) is 28.4 Å². The number of aromatic hydroxyl groups is 1. The van der Waals surface area contributed by atoms with Gasteiger partial charge in [-0.05, 0) is 52.9 Å². The third-order valence-electron chi connectivity index (χ3n) is 5.38. The van der Waals surface area contributed by atoms with Crippen molar-refractivity contribution in [2.24, 2.45) is 0 Å². The van der Waals surface area contributed by atoms with Crippen molar-refractivity contribution in [3.63, 3.8) is 0 Å². The third kappa shape index (κ3) is 3.00. The molecular formula is C22H20FN5O. The first-order valence-electron chi connectivity index (χ1n) is 9.59. The molecule has 4 aromatic rings. The molecule has 146 valence electrons. The summed E-state index contributed by atoms with van der Waals surface area (Å²) < 4.78 is 14.0. The lowest BCUT2D eigenvalue weighted by molar-refractivity contribution is 0.432. The third-order valence-corrected chi connectivity index (χ3v) is 5.38. The molecule has 0 bridgehead atoms. The molecule has 0 saturated heterocycles. The van der Waals surface area contributed by atoms with Crippen LogP contribution < -0.4 is 5.32 Å². The molecule has 1 aliphatic heterocycles. The first kappa shape index (κ1) is 17.6. The summed E-state index contributed by atoms with van der Waals surface area (Å²) in [7, 11) is 0. The van der Waals surface area contributed by atoms with Crippen LogP contribution in [0.4, 0.5) is 4.39 Å². The van der Waals surface area contributed by atoms with Crippen LogP contribution in [-0.2, 0) is 6.42 Å². The van der Waals surface area contributed by atoms with Crippen molar-refractivity contribution in [2.75, 3.05) is 13.1 Å². The minimum absolute atomic E-state index is 0.322. The summed E-state index contributed by atoms with van der Waals surface area (Å²) in [6, 6.07) is 8.73. The van der Waals surface area contributed by atoms with Crippen LogP contribution in [0.3, 0.4) is 0 Å². The second kappa shape index (κ2) is 6.86. The largest absolute Gasteiger partial charge is 0.505 e. The number of benzene rings is 2. The van der Waals surface area contributed by atoms with Gasteiger partial charge >= 0.3 is 0 Å². The van der Waals surface area contributed by atoms with Crippen molar-refractivity contribution in [1.29, 1.82) is 0 Å². The quantitative estimate of drug-likeness (QED) is 0.424. The number of hydrogen-bond acceptors (Lipinski definition) is 4. The van der Waals surface area contributed by atoms with E-state index in [2.05, 4.69) is 31.6 Å². The number of nitrogens with one attached hydrogen (secondary N) is 3. The van der Waals surface area contributed by atoms with Gasteiger partial charge in [-0.3, -0.25) is 5.10 Å². The van der Waals surface area contributed by atoms with Crippen LogP contribution in [0, 0.1) is 5.82 Å². The number of aromatic nitrogens is 4. The Morgan fingerprint density at radius 1 is 1.21 bits per heavy atom. The van der Waals surface area contributed by atoms with Crippen molar-refractivity contribution in [3.05, 3.63) is 59.7 Å². The van der Waals surface area contributed by atoms with Crippen LogP contribution >= 0.6 is 0 Å². The molecule has 0 amide bonds. The Morgan fingerprint density at radius 2 is 2.10 bits per heavy atom. The SMILES string of the molecule is CCc1cc(O)c(F)cc1-c1ccc2c(-c3ncc(C4=CCNC4)[nH]3)n[nH]c2c1.